The Kier molecular flexibility index (Phi) is 5.08. The van der Waals surface area contributed by atoms with Crippen LogP contribution < -0.4 is 14.8 Å². The molecule has 2 rings (SSSR count). The highest BCUT2D eigenvalue weighted by molar-refractivity contribution is 5.44. The van der Waals surface area contributed by atoms with Crippen molar-refractivity contribution in [2.24, 2.45) is 5.92 Å². The van der Waals surface area contributed by atoms with Crippen molar-refractivity contribution in [3.8, 4) is 11.5 Å². The van der Waals surface area contributed by atoms with Crippen LogP contribution in [0.4, 0.5) is 0 Å². The van der Waals surface area contributed by atoms with E-state index in [1.165, 1.54) is 5.56 Å². The standard InChI is InChI=1S/C16H25NO2/c1-12(2)10-17-11-13(3)14-5-6-15-16(9-14)19-8-4-7-18-15/h5-6,9,12-13,17H,4,7-8,10-11H2,1-3H3. The van der Waals surface area contributed by atoms with Gasteiger partial charge in [0.05, 0.1) is 13.2 Å². The van der Waals surface area contributed by atoms with Crippen molar-refractivity contribution in [3.05, 3.63) is 23.8 Å². The fourth-order valence-corrected chi connectivity index (χ4v) is 2.19. The van der Waals surface area contributed by atoms with E-state index in [1.54, 1.807) is 0 Å². The molecule has 3 heteroatoms. The molecule has 0 bridgehead atoms. The SMILES string of the molecule is CC(C)CNCC(C)c1ccc2c(c1)OCCCO2. The first-order chi connectivity index (χ1) is 9.16. The Bertz CT molecular complexity index is 404. The maximum absolute atomic E-state index is 5.74. The number of fused-ring (bicyclic) bond motifs is 1. The van der Waals surface area contributed by atoms with Gasteiger partial charge in [0.2, 0.25) is 0 Å². The summed E-state index contributed by atoms with van der Waals surface area (Å²) in [5, 5.41) is 3.50. The first-order valence-electron chi connectivity index (χ1n) is 7.27. The summed E-state index contributed by atoms with van der Waals surface area (Å²) in [6.07, 6.45) is 0.954. The van der Waals surface area contributed by atoms with E-state index in [-0.39, 0.29) is 0 Å². The zero-order valence-electron chi connectivity index (χ0n) is 12.2. The smallest absolute Gasteiger partial charge is 0.161 e. The lowest BCUT2D eigenvalue weighted by molar-refractivity contribution is 0.297. The summed E-state index contributed by atoms with van der Waals surface area (Å²) in [6, 6.07) is 6.31. The van der Waals surface area contributed by atoms with E-state index in [1.807, 2.05) is 6.07 Å². The summed E-state index contributed by atoms with van der Waals surface area (Å²) < 4.78 is 11.4. The van der Waals surface area contributed by atoms with Gasteiger partial charge >= 0.3 is 0 Å². The Labute approximate surface area is 116 Å². The second-order valence-corrected chi connectivity index (χ2v) is 5.71. The summed E-state index contributed by atoms with van der Waals surface area (Å²) in [6.45, 7) is 10.3. The molecule has 0 aliphatic carbocycles. The molecule has 1 aromatic rings. The van der Waals surface area contributed by atoms with Gasteiger partial charge < -0.3 is 14.8 Å². The molecule has 0 aromatic heterocycles. The molecule has 1 aromatic carbocycles. The predicted octanol–water partition coefficient (Wildman–Crippen LogP) is 3.20. The van der Waals surface area contributed by atoms with Gasteiger partial charge in [0.1, 0.15) is 0 Å². The van der Waals surface area contributed by atoms with Gasteiger partial charge in [-0.25, -0.2) is 0 Å². The predicted molar refractivity (Wildman–Crippen MR) is 78.2 cm³/mol. The second kappa shape index (κ2) is 6.80. The minimum absolute atomic E-state index is 0.482. The number of benzene rings is 1. The highest BCUT2D eigenvalue weighted by Gasteiger charge is 2.13. The van der Waals surface area contributed by atoms with Gasteiger partial charge in [0.25, 0.3) is 0 Å². The highest BCUT2D eigenvalue weighted by Crippen LogP contribution is 2.32. The Morgan fingerprint density at radius 1 is 1.05 bits per heavy atom. The van der Waals surface area contributed by atoms with Gasteiger partial charge in [-0.05, 0) is 36.1 Å². The van der Waals surface area contributed by atoms with Crippen molar-refractivity contribution in [2.45, 2.75) is 33.1 Å². The van der Waals surface area contributed by atoms with Gasteiger partial charge in [-0.1, -0.05) is 26.8 Å². The summed E-state index contributed by atoms with van der Waals surface area (Å²) in [7, 11) is 0. The maximum Gasteiger partial charge on any atom is 0.161 e. The zero-order chi connectivity index (χ0) is 13.7. The van der Waals surface area contributed by atoms with Crippen LogP contribution in [0.3, 0.4) is 0 Å². The van der Waals surface area contributed by atoms with Crippen molar-refractivity contribution >= 4 is 0 Å². The van der Waals surface area contributed by atoms with E-state index in [2.05, 4.69) is 38.2 Å². The van der Waals surface area contributed by atoms with E-state index in [4.69, 9.17) is 9.47 Å². The molecule has 0 radical (unpaired) electrons. The fourth-order valence-electron chi connectivity index (χ4n) is 2.19. The van der Waals surface area contributed by atoms with Crippen LogP contribution in [0.25, 0.3) is 0 Å². The van der Waals surface area contributed by atoms with Crippen LogP contribution in [0.15, 0.2) is 18.2 Å². The third-order valence-corrected chi connectivity index (χ3v) is 3.34. The molecule has 19 heavy (non-hydrogen) atoms. The van der Waals surface area contributed by atoms with Gasteiger partial charge in [-0.3, -0.25) is 0 Å². The van der Waals surface area contributed by atoms with Gasteiger partial charge in [0, 0.05) is 13.0 Å². The number of ether oxygens (including phenoxy) is 2. The summed E-state index contributed by atoms with van der Waals surface area (Å²) in [4.78, 5) is 0. The van der Waals surface area contributed by atoms with E-state index >= 15 is 0 Å². The van der Waals surface area contributed by atoms with Crippen LogP contribution in [0.2, 0.25) is 0 Å². The summed E-state index contributed by atoms with van der Waals surface area (Å²) in [5.74, 6) is 2.95. The molecule has 0 fully saturated rings. The number of nitrogens with one attached hydrogen (secondary N) is 1. The lowest BCUT2D eigenvalue weighted by Gasteiger charge is -2.16. The fraction of sp³-hybridized carbons (Fsp3) is 0.625. The Balaban J connectivity index is 1.98. The van der Waals surface area contributed by atoms with Gasteiger partial charge in [-0.15, -0.1) is 0 Å². The molecule has 0 saturated carbocycles. The van der Waals surface area contributed by atoms with Crippen LogP contribution in [0, 0.1) is 5.92 Å². The molecule has 1 N–H and O–H groups in total. The molecule has 106 valence electrons. The Morgan fingerprint density at radius 2 is 1.79 bits per heavy atom. The molecule has 1 heterocycles. The van der Waals surface area contributed by atoms with Crippen molar-refractivity contribution in [1.29, 1.82) is 0 Å². The van der Waals surface area contributed by atoms with Crippen molar-refractivity contribution in [1.82, 2.24) is 5.32 Å². The first-order valence-corrected chi connectivity index (χ1v) is 7.27. The second-order valence-electron chi connectivity index (χ2n) is 5.71. The third-order valence-electron chi connectivity index (χ3n) is 3.34. The van der Waals surface area contributed by atoms with Crippen LogP contribution in [-0.2, 0) is 0 Å². The lowest BCUT2D eigenvalue weighted by atomic mass is 10.0. The van der Waals surface area contributed by atoms with E-state index in [9.17, 15) is 0 Å². The van der Waals surface area contributed by atoms with Crippen molar-refractivity contribution in [3.63, 3.8) is 0 Å². The average Bonchev–Trinajstić information content (AvgIpc) is 2.62. The molecule has 1 unspecified atom stereocenters. The minimum atomic E-state index is 0.482. The summed E-state index contributed by atoms with van der Waals surface area (Å²) in [5.41, 5.74) is 1.31. The van der Waals surface area contributed by atoms with E-state index in [0.717, 1.165) is 44.2 Å². The van der Waals surface area contributed by atoms with Crippen LogP contribution >= 0.6 is 0 Å². The van der Waals surface area contributed by atoms with E-state index in [0.29, 0.717) is 11.8 Å². The van der Waals surface area contributed by atoms with Crippen molar-refractivity contribution < 1.29 is 9.47 Å². The Morgan fingerprint density at radius 3 is 2.53 bits per heavy atom. The molecule has 0 saturated heterocycles. The minimum Gasteiger partial charge on any atom is -0.490 e. The highest BCUT2D eigenvalue weighted by atomic mass is 16.5. The molecule has 0 amide bonds. The Hall–Kier alpha value is -1.22. The number of hydrogen-bond acceptors (Lipinski definition) is 3. The topological polar surface area (TPSA) is 30.5 Å². The molecule has 3 nitrogen and oxygen atoms in total. The summed E-state index contributed by atoms with van der Waals surface area (Å²) >= 11 is 0. The maximum atomic E-state index is 5.74. The van der Waals surface area contributed by atoms with Crippen LogP contribution in [0.5, 0.6) is 11.5 Å². The molecular formula is C16H25NO2. The molecule has 1 aliphatic heterocycles. The zero-order valence-corrected chi connectivity index (χ0v) is 12.2. The van der Waals surface area contributed by atoms with Gasteiger partial charge in [0.15, 0.2) is 11.5 Å². The molecule has 1 atom stereocenters. The quantitative estimate of drug-likeness (QED) is 0.885. The monoisotopic (exact) mass is 263 g/mol. The normalized spacial score (nSPS) is 16.2. The van der Waals surface area contributed by atoms with E-state index < -0.39 is 0 Å². The van der Waals surface area contributed by atoms with Crippen molar-refractivity contribution in [2.75, 3.05) is 26.3 Å². The molecular weight excluding hydrogens is 238 g/mol. The van der Waals surface area contributed by atoms with Gasteiger partial charge in [-0.2, -0.15) is 0 Å². The molecule has 1 aliphatic rings. The average molecular weight is 263 g/mol. The lowest BCUT2D eigenvalue weighted by Crippen LogP contribution is -2.24. The first kappa shape index (κ1) is 14.2. The largest absolute Gasteiger partial charge is 0.490 e. The van der Waals surface area contributed by atoms with Crippen LogP contribution in [-0.4, -0.2) is 26.3 Å². The molecule has 0 spiro atoms. The number of hydrogen-bond donors (Lipinski definition) is 1. The third kappa shape index (κ3) is 4.13. The number of rotatable bonds is 5. The van der Waals surface area contributed by atoms with Crippen LogP contribution in [0.1, 0.15) is 38.7 Å².